The fourth-order valence-electron chi connectivity index (χ4n) is 3.80. The van der Waals surface area contributed by atoms with Crippen LogP contribution in [0, 0.1) is 23.7 Å². The zero-order chi connectivity index (χ0) is 7.42. The molecule has 3 aliphatic carbocycles. The predicted octanol–water partition coefficient (Wildman–Crippen LogP) is 2.01. The SMILES string of the molecule is O=C1C[C@@H]2CC[C@@H]3CC[C@@H]1[C@@H]32. The lowest BCUT2D eigenvalue weighted by molar-refractivity contribution is -0.121. The second-order valence-electron chi connectivity index (χ2n) is 4.53. The molecule has 0 radical (unpaired) electrons. The third-order valence-corrected chi connectivity index (χ3v) is 4.19. The van der Waals surface area contributed by atoms with Crippen LogP contribution in [0.2, 0.25) is 0 Å². The molecule has 1 heteroatoms. The number of ketones is 1. The highest BCUT2D eigenvalue weighted by atomic mass is 16.1. The van der Waals surface area contributed by atoms with E-state index in [9.17, 15) is 4.79 Å². The summed E-state index contributed by atoms with van der Waals surface area (Å²) in [6.45, 7) is 0. The molecule has 1 nitrogen and oxygen atoms in total. The Kier molecular flexibility index (Phi) is 1.06. The van der Waals surface area contributed by atoms with Crippen LogP contribution in [0.5, 0.6) is 0 Å². The molecule has 0 unspecified atom stereocenters. The smallest absolute Gasteiger partial charge is 0.136 e. The van der Waals surface area contributed by atoms with Crippen molar-refractivity contribution in [1.82, 2.24) is 0 Å². The number of carbonyl (C=O) groups excluding carboxylic acids is 1. The highest BCUT2D eigenvalue weighted by Gasteiger charge is 2.52. The Morgan fingerprint density at radius 3 is 2.64 bits per heavy atom. The zero-order valence-electron chi connectivity index (χ0n) is 6.75. The van der Waals surface area contributed by atoms with Crippen molar-refractivity contribution in [2.75, 3.05) is 0 Å². The molecule has 60 valence electrons. The van der Waals surface area contributed by atoms with Crippen molar-refractivity contribution in [2.24, 2.45) is 23.7 Å². The van der Waals surface area contributed by atoms with Crippen LogP contribution in [0.15, 0.2) is 0 Å². The Morgan fingerprint density at radius 2 is 1.73 bits per heavy atom. The molecule has 3 aliphatic rings. The van der Waals surface area contributed by atoms with E-state index in [0.29, 0.717) is 11.7 Å². The lowest BCUT2D eigenvalue weighted by Crippen LogP contribution is -2.11. The summed E-state index contributed by atoms with van der Waals surface area (Å²) in [7, 11) is 0. The molecule has 0 N–H and O–H groups in total. The van der Waals surface area contributed by atoms with Gasteiger partial charge in [-0.1, -0.05) is 0 Å². The number of hydrogen-bond acceptors (Lipinski definition) is 1. The third-order valence-electron chi connectivity index (χ3n) is 4.19. The van der Waals surface area contributed by atoms with Gasteiger partial charge in [0.05, 0.1) is 0 Å². The van der Waals surface area contributed by atoms with E-state index >= 15 is 0 Å². The van der Waals surface area contributed by atoms with Gasteiger partial charge >= 0.3 is 0 Å². The Hall–Kier alpha value is -0.330. The van der Waals surface area contributed by atoms with Crippen molar-refractivity contribution < 1.29 is 4.79 Å². The van der Waals surface area contributed by atoms with Crippen molar-refractivity contribution in [3.05, 3.63) is 0 Å². The van der Waals surface area contributed by atoms with E-state index in [4.69, 9.17) is 0 Å². The predicted molar refractivity (Wildman–Crippen MR) is 42.1 cm³/mol. The normalized spacial score (nSPS) is 53.6. The molecule has 0 aliphatic heterocycles. The Balaban J connectivity index is 1.99. The molecule has 11 heavy (non-hydrogen) atoms. The van der Waals surface area contributed by atoms with Crippen molar-refractivity contribution in [2.45, 2.75) is 32.1 Å². The van der Waals surface area contributed by atoms with Crippen molar-refractivity contribution in [3.8, 4) is 0 Å². The molecule has 0 amide bonds. The quantitative estimate of drug-likeness (QED) is 0.516. The van der Waals surface area contributed by atoms with E-state index in [1.54, 1.807) is 0 Å². The topological polar surface area (TPSA) is 17.1 Å². The number of Topliss-reactive ketones (excluding diaryl/α,β-unsaturated/α-hetero) is 1. The van der Waals surface area contributed by atoms with Crippen molar-refractivity contribution >= 4 is 5.78 Å². The summed E-state index contributed by atoms with van der Waals surface area (Å²) in [5.41, 5.74) is 0. The molecule has 0 aromatic heterocycles. The maximum atomic E-state index is 11.4. The van der Waals surface area contributed by atoms with Gasteiger partial charge in [-0.25, -0.2) is 0 Å². The van der Waals surface area contributed by atoms with Crippen LogP contribution in [0.1, 0.15) is 32.1 Å². The van der Waals surface area contributed by atoms with Gasteiger partial charge in [-0.05, 0) is 43.4 Å². The molecule has 0 heterocycles. The summed E-state index contributed by atoms with van der Waals surface area (Å²) in [4.78, 5) is 11.4. The van der Waals surface area contributed by atoms with E-state index in [0.717, 1.165) is 24.2 Å². The molecular formula is C10H14O. The zero-order valence-corrected chi connectivity index (χ0v) is 6.75. The van der Waals surface area contributed by atoms with Crippen molar-refractivity contribution in [3.63, 3.8) is 0 Å². The number of rotatable bonds is 0. The highest BCUT2D eigenvalue weighted by molar-refractivity contribution is 5.84. The molecule has 3 saturated carbocycles. The van der Waals surface area contributed by atoms with Crippen molar-refractivity contribution in [1.29, 1.82) is 0 Å². The van der Waals surface area contributed by atoms with Crippen LogP contribution in [-0.4, -0.2) is 5.78 Å². The average Bonchev–Trinajstić information content (AvgIpc) is 2.53. The average molecular weight is 150 g/mol. The minimum atomic E-state index is 0.521. The maximum Gasteiger partial charge on any atom is 0.136 e. The van der Waals surface area contributed by atoms with Gasteiger partial charge in [0.1, 0.15) is 5.78 Å². The summed E-state index contributed by atoms with van der Waals surface area (Å²) in [6.07, 6.45) is 6.31. The first kappa shape index (κ1) is 6.22. The standard InChI is InChI=1S/C10H14O/c11-9-5-7-2-1-6-3-4-8(9)10(6)7/h6-8,10H,1-5H2/t6-,7+,8+,10+/m1/s1. The van der Waals surface area contributed by atoms with E-state index in [1.165, 1.54) is 25.7 Å². The molecular weight excluding hydrogens is 136 g/mol. The van der Waals surface area contributed by atoms with Gasteiger partial charge in [0, 0.05) is 12.3 Å². The Labute approximate surface area is 67.2 Å². The van der Waals surface area contributed by atoms with Crippen LogP contribution in [-0.2, 0) is 4.79 Å². The maximum absolute atomic E-state index is 11.4. The van der Waals surface area contributed by atoms with Gasteiger partial charge in [-0.3, -0.25) is 4.79 Å². The van der Waals surface area contributed by atoms with Crippen LogP contribution >= 0.6 is 0 Å². The molecule has 0 saturated heterocycles. The first-order valence-electron chi connectivity index (χ1n) is 4.89. The summed E-state index contributed by atoms with van der Waals surface area (Å²) in [6, 6.07) is 0. The Morgan fingerprint density at radius 1 is 1.00 bits per heavy atom. The fourth-order valence-corrected chi connectivity index (χ4v) is 3.80. The minimum Gasteiger partial charge on any atom is -0.299 e. The lowest BCUT2D eigenvalue weighted by atomic mass is 9.92. The van der Waals surface area contributed by atoms with E-state index < -0.39 is 0 Å². The van der Waals surface area contributed by atoms with Crippen LogP contribution < -0.4 is 0 Å². The van der Waals surface area contributed by atoms with Gasteiger partial charge < -0.3 is 0 Å². The molecule has 4 atom stereocenters. The second kappa shape index (κ2) is 1.88. The monoisotopic (exact) mass is 150 g/mol. The van der Waals surface area contributed by atoms with E-state index in [1.807, 2.05) is 0 Å². The lowest BCUT2D eigenvalue weighted by Gasteiger charge is -2.11. The second-order valence-corrected chi connectivity index (χ2v) is 4.53. The largest absolute Gasteiger partial charge is 0.299 e. The van der Waals surface area contributed by atoms with Crippen LogP contribution in [0.3, 0.4) is 0 Å². The molecule has 0 spiro atoms. The summed E-state index contributed by atoms with van der Waals surface area (Å²) in [5, 5.41) is 0. The summed E-state index contributed by atoms with van der Waals surface area (Å²) < 4.78 is 0. The third kappa shape index (κ3) is 0.646. The fraction of sp³-hybridized carbons (Fsp3) is 0.900. The first-order valence-corrected chi connectivity index (χ1v) is 4.89. The van der Waals surface area contributed by atoms with Gasteiger partial charge in [-0.15, -0.1) is 0 Å². The van der Waals surface area contributed by atoms with Crippen LogP contribution in [0.25, 0.3) is 0 Å². The van der Waals surface area contributed by atoms with Crippen LogP contribution in [0.4, 0.5) is 0 Å². The molecule has 0 aromatic carbocycles. The molecule has 3 rings (SSSR count). The minimum absolute atomic E-state index is 0.521. The van der Waals surface area contributed by atoms with Gasteiger partial charge in [0.15, 0.2) is 0 Å². The first-order chi connectivity index (χ1) is 5.36. The summed E-state index contributed by atoms with van der Waals surface area (Å²) >= 11 is 0. The Bertz CT molecular complexity index is 209. The van der Waals surface area contributed by atoms with Gasteiger partial charge in [-0.2, -0.15) is 0 Å². The van der Waals surface area contributed by atoms with Gasteiger partial charge in [0.25, 0.3) is 0 Å². The van der Waals surface area contributed by atoms with E-state index in [-0.39, 0.29) is 0 Å². The van der Waals surface area contributed by atoms with Gasteiger partial charge in [0.2, 0.25) is 0 Å². The molecule has 0 aromatic rings. The number of hydrogen-bond donors (Lipinski definition) is 0. The highest BCUT2D eigenvalue weighted by Crippen LogP contribution is 2.56. The molecule has 3 fully saturated rings. The molecule has 0 bridgehead atoms. The number of carbonyl (C=O) groups is 1. The van der Waals surface area contributed by atoms with E-state index in [2.05, 4.69) is 0 Å². The summed E-state index contributed by atoms with van der Waals surface area (Å²) in [5.74, 6) is 3.74.